The van der Waals surface area contributed by atoms with Gasteiger partial charge in [-0.3, -0.25) is 4.79 Å². The number of carboxylic acids is 1. The van der Waals surface area contributed by atoms with Gasteiger partial charge in [0.2, 0.25) is 0 Å². The number of nitrogens with one attached hydrogen (secondary N) is 1. The van der Waals surface area contributed by atoms with E-state index in [-0.39, 0.29) is 11.5 Å². The van der Waals surface area contributed by atoms with Gasteiger partial charge in [0.15, 0.2) is 0 Å². The Morgan fingerprint density at radius 3 is 2.55 bits per heavy atom. The van der Waals surface area contributed by atoms with E-state index in [1.165, 1.54) is 12.1 Å². The van der Waals surface area contributed by atoms with Gasteiger partial charge in [-0.25, -0.2) is 9.78 Å². The molecule has 22 heavy (non-hydrogen) atoms. The maximum Gasteiger partial charge on any atom is 0.335 e. The zero-order valence-corrected chi connectivity index (χ0v) is 14.5. The number of hydrogen-bond acceptors (Lipinski definition) is 4. The minimum absolute atomic E-state index is 0.0773. The van der Waals surface area contributed by atoms with Crippen molar-refractivity contribution in [3.05, 3.63) is 49.4 Å². The first-order valence-corrected chi connectivity index (χ1v) is 8.22. The predicted molar refractivity (Wildman–Crippen MR) is 88.7 cm³/mol. The summed E-state index contributed by atoms with van der Waals surface area (Å²) >= 11 is 4.84. The number of benzene rings is 1. The third kappa shape index (κ3) is 4.14. The summed E-state index contributed by atoms with van der Waals surface area (Å²) in [4.78, 5) is 28.6. The Labute approximate surface area is 140 Å². The molecule has 0 saturated carbocycles. The number of carboxylic acid groups (broad SMARTS) is 1. The quantitative estimate of drug-likeness (QED) is 0.831. The van der Waals surface area contributed by atoms with Crippen LogP contribution < -0.4 is 5.32 Å². The van der Waals surface area contributed by atoms with Gasteiger partial charge in [-0.2, -0.15) is 0 Å². The minimum Gasteiger partial charge on any atom is -0.478 e. The molecule has 0 saturated heterocycles. The molecular weight excluding hydrogens is 368 g/mol. The summed E-state index contributed by atoms with van der Waals surface area (Å²) in [5.74, 6) is -1.35. The number of aromatic carboxylic acids is 1. The Kier molecular flexibility index (Phi) is 5.31. The third-order valence-electron chi connectivity index (χ3n) is 3.04. The van der Waals surface area contributed by atoms with Crippen molar-refractivity contribution in [1.29, 1.82) is 0 Å². The maximum absolute atomic E-state index is 12.1. The highest BCUT2D eigenvalue weighted by Gasteiger charge is 2.12. The van der Waals surface area contributed by atoms with Gasteiger partial charge in [0.25, 0.3) is 5.91 Å². The van der Waals surface area contributed by atoms with Crippen LogP contribution in [0.2, 0.25) is 0 Å². The summed E-state index contributed by atoms with van der Waals surface area (Å²) in [7, 11) is 0. The van der Waals surface area contributed by atoms with Crippen molar-refractivity contribution in [2.45, 2.75) is 20.3 Å². The van der Waals surface area contributed by atoms with Crippen LogP contribution in [0.3, 0.4) is 0 Å². The molecule has 5 nitrogen and oxygen atoms in total. The molecule has 0 fully saturated rings. The summed E-state index contributed by atoms with van der Waals surface area (Å²) in [5.41, 5.74) is 1.39. The van der Waals surface area contributed by atoms with E-state index >= 15 is 0 Å². The van der Waals surface area contributed by atoms with E-state index in [4.69, 9.17) is 5.11 Å². The first-order chi connectivity index (χ1) is 10.4. The number of amides is 1. The molecule has 0 spiro atoms. The van der Waals surface area contributed by atoms with E-state index in [0.717, 1.165) is 15.6 Å². The number of hydrogen-bond donors (Lipinski definition) is 2. The lowest BCUT2D eigenvalue weighted by molar-refractivity contribution is 0.0697. The zero-order valence-electron chi connectivity index (χ0n) is 12.1. The Hall–Kier alpha value is -1.73. The van der Waals surface area contributed by atoms with Crippen molar-refractivity contribution in [2.75, 3.05) is 6.54 Å². The van der Waals surface area contributed by atoms with Gasteiger partial charge in [0.05, 0.1) is 16.3 Å². The van der Waals surface area contributed by atoms with Gasteiger partial charge >= 0.3 is 5.97 Å². The molecule has 0 unspecified atom stereocenters. The summed E-state index contributed by atoms with van der Waals surface area (Å²) in [6.45, 7) is 4.39. The second kappa shape index (κ2) is 7.02. The minimum atomic E-state index is -1.06. The van der Waals surface area contributed by atoms with Gasteiger partial charge in [-0.05, 0) is 32.0 Å². The molecule has 1 aromatic heterocycles. The number of aryl methyl sites for hydroxylation is 2. The van der Waals surface area contributed by atoms with Crippen molar-refractivity contribution in [3.63, 3.8) is 0 Å². The number of halogens is 1. The molecule has 0 aliphatic rings. The highest BCUT2D eigenvalue weighted by Crippen LogP contribution is 2.18. The fraction of sp³-hybridized carbons (Fsp3) is 0.267. The van der Waals surface area contributed by atoms with E-state index in [1.807, 2.05) is 13.8 Å². The molecule has 1 heterocycles. The van der Waals surface area contributed by atoms with Gasteiger partial charge in [-0.1, -0.05) is 15.9 Å². The van der Waals surface area contributed by atoms with Gasteiger partial charge < -0.3 is 10.4 Å². The lowest BCUT2D eigenvalue weighted by Crippen LogP contribution is -2.26. The third-order valence-corrected chi connectivity index (χ3v) is 4.63. The molecule has 7 heteroatoms. The van der Waals surface area contributed by atoms with Gasteiger partial charge in [-0.15, -0.1) is 11.3 Å². The number of carbonyl (C=O) groups is 2. The Morgan fingerprint density at radius 2 is 1.95 bits per heavy atom. The smallest absolute Gasteiger partial charge is 0.335 e. The highest BCUT2D eigenvalue weighted by atomic mass is 79.9. The van der Waals surface area contributed by atoms with Crippen LogP contribution in [0.25, 0.3) is 0 Å². The lowest BCUT2D eigenvalue weighted by Gasteiger charge is -2.06. The molecule has 0 aliphatic carbocycles. The molecule has 0 aliphatic heterocycles. The molecule has 2 N–H and O–H groups in total. The van der Waals surface area contributed by atoms with E-state index in [0.29, 0.717) is 23.0 Å². The molecule has 1 aromatic carbocycles. The van der Waals surface area contributed by atoms with Crippen molar-refractivity contribution in [2.24, 2.45) is 0 Å². The summed E-state index contributed by atoms with van der Waals surface area (Å²) in [6, 6.07) is 4.43. The Balaban J connectivity index is 2.00. The SMILES string of the molecule is Cc1nc(C)c(CCNC(=O)c2cc(Br)cc(C(=O)O)c2)s1. The maximum atomic E-state index is 12.1. The number of carbonyl (C=O) groups excluding carboxylic acids is 1. The highest BCUT2D eigenvalue weighted by molar-refractivity contribution is 9.10. The molecule has 1 amide bonds. The predicted octanol–water partition coefficient (Wildman–Crippen LogP) is 3.19. The second-order valence-corrected chi connectivity index (χ2v) is 6.98. The van der Waals surface area contributed by atoms with E-state index < -0.39 is 5.97 Å². The largest absolute Gasteiger partial charge is 0.478 e. The topological polar surface area (TPSA) is 79.3 Å². The van der Waals surface area contributed by atoms with Crippen LogP contribution in [0.1, 0.15) is 36.3 Å². The Morgan fingerprint density at radius 1 is 1.27 bits per heavy atom. The molecule has 116 valence electrons. The summed E-state index contributed by atoms with van der Waals surface area (Å²) in [6.07, 6.45) is 0.711. The van der Waals surface area contributed by atoms with Crippen molar-refractivity contribution < 1.29 is 14.7 Å². The fourth-order valence-electron chi connectivity index (χ4n) is 2.04. The number of nitrogens with zero attached hydrogens (tertiary/aromatic N) is 1. The number of aromatic nitrogens is 1. The average Bonchev–Trinajstić information content (AvgIpc) is 2.76. The van der Waals surface area contributed by atoms with Crippen molar-refractivity contribution in [3.8, 4) is 0 Å². The standard InChI is InChI=1S/C15H15BrN2O3S/c1-8-13(22-9(2)18-8)3-4-17-14(19)10-5-11(15(20)21)7-12(16)6-10/h5-7H,3-4H2,1-2H3,(H,17,19)(H,20,21). The van der Waals surface area contributed by atoms with E-state index in [2.05, 4.69) is 26.2 Å². The van der Waals surface area contributed by atoms with Crippen molar-refractivity contribution in [1.82, 2.24) is 10.3 Å². The van der Waals surface area contributed by atoms with Crippen LogP contribution in [0.5, 0.6) is 0 Å². The second-order valence-electron chi connectivity index (χ2n) is 4.78. The molecule has 0 bridgehead atoms. The van der Waals surface area contributed by atoms with Crippen LogP contribution in [-0.2, 0) is 6.42 Å². The monoisotopic (exact) mass is 382 g/mol. The van der Waals surface area contributed by atoms with Crippen LogP contribution in [-0.4, -0.2) is 28.5 Å². The van der Waals surface area contributed by atoms with E-state index in [9.17, 15) is 9.59 Å². The normalized spacial score (nSPS) is 10.5. The lowest BCUT2D eigenvalue weighted by atomic mass is 10.1. The average molecular weight is 383 g/mol. The fourth-order valence-corrected chi connectivity index (χ4v) is 3.47. The van der Waals surface area contributed by atoms with Gasteiger partial charge in [0.1, 0.15) is 0 Å². The van der Waals surface area contributed by atoms with Crippen LogP contribution in [0, 0.1) is 13.8 Å². The van der Waals surface area contributed by atoms with E-state index in [1.54, 1.807) is 17.4 Å². The van der Waals surface area contributed by atoms with Gasteiger partial charge in [0, 0.05) is 27.9 Å². The molecule has 0 radical (unpaired) electrons. The van der Waals surface area contributed by atoms with Crippen LogP contribution in [0.4, 0.5) is 0 Å². The van der Waals surface area contributed by atoms with Crippen LogP contribution >= 0.6 is 27.3 Å². The number of thiazole rings is 1. The van der Waals surface area contributed by atoms with Crippen molar-refractivity contribution >= 4 is 39.1 Å². The first kappa shape index (κ1) is 16.6. The summed E-state index contributed by atoms with van der Waals surface area (Å²) in [5, 5.41) is 12.8. The Bertz CT molecular complexity index is 728. The number of rotatable bonds is 5. The molecule has 2 aromatic rings. The van der Waals surface area contributed by atoms with Crippen LogP contribution in [0.15, 0.2) is 22.7 Å². The summed E-state index contributed by atoms with van der Waals surface area (Å²) < 4.78 is 0.562. The molecule has 0 atom stereocenters. The molecular formula is C15H15BrN2O3S. The zero-order chi connectivity index (χ0) is 16.3. The molecule has 2 rings (SSSR count). The first-order valence-electron chi connectivity index (χ1n) is 6.62.